The van der Waals surface area contributed by atoms with Crippen LogP contribution in [0.5, 0.6) is 5.75 Å². The highest BCUT2D eigenvalue weighted by atomic mass is 16.5. The van der Waals surface area contributed by atoms with Gasteiger partial charge in [0.2, 0.25) is 5.95 Å². The SMILES string of the molecule is CCCCNc1cc(C)nc(Nc2ccc(OCC)cc2)n1. The van der Waals surface area contributed by atoms with Crippen molar-refractivity contribution in [1.82, 2.24) is 9.97 Å². The monoisotopic (exact) mass is 300 g/mol. The summed E-state index contributed by atoms with van der Waals surface area (Å²) in [4.78, 5) is 8.92. The normalized spacial score (nSPS) is 10.3. The molecule has 22 heavy (non-hydrogen) atoms. The molecule has 0 aliphatic carbocycles. The Kier molecular flexibility index (Phi) is 6.01. The Morgan fingerprint density at radius 1 is 1.09 bits per heavy atom. The number of rotatable bonds is 8. The number of aromatic nitrogens is 2. The molecule has 1 heterocycles. The summed E-state index contributed by atoms with van der Waals surface area (Å²) >= 11 is 0. The second-order valence-electron chi connectivity index (χ2n) is 5.08. The third-order valence-corrected chi connectivity index (χ3v) is 3.11. The predicted octanol–water partition coefficient (Wildman–Crippen LogP) is 4.14. The average molecular weight is 300 g/mol. The van der Waals surface area contributed by atoms with Crippen molar-refractivity contribution in [3.8, 4) is 5.75 Å². The zero-order chi connectivity index (χ0) is 15.8. The third-order valence-electron chi connectivity index (χ3n) is 3.11. The van der Waals surface area contributed by atoms with Crippen molar-refractivity contribution >= 4 is 17.5 Å². The van der Waals surface area contributed by atoms with Gasteiger partial charge in [-0.3, -0.25) is 0 Å². The molecule has 5 nitrogen and oxygen atoms in total. The van der Waals surface area contributed by atoms with E-state index in [1.807, 2.05) is 44.2 Å². The van der Waals surface area contributed by atoms with Crippen LogP contribution >= 0.6 is 0 Å². The number of ether oxygens (including phenoxy) is 1. The summed E-state index contributed by atoms with van der Waals surface area (Å²) < 4.78 is 5.44. The molecular formula is C17H24N4O. The Morgan fingerprint density at radius 2 is 1.86 bits per heavy atom. The van der Waals surface area contributed by atoms with Gasteiger partial charge in [0.15, 0.2) is 0 Å². The molecule has 2 N–H and O–H groups in total. The molecule has 0 radical (unpaired) electrons. The van der Waals surface area contributed by atoms with E-state index >= 15 is 0 Å². The van der Waals surface area contributed by atoms with Gasteiger partial charge in [-0.05, 0) is 44.5 Å². The molecule has 118 valence electrons. The fourth-order valence-corrected chi connectivity index (χ4v) is 2.04. The van der Waals surface area contributed by atoms with Crippen LogP contribution in [0.15, 0.2) is 30.3 Å². The van der Waals surface area contributed by atoms with Crippen molar-refractivity contribution in [2.24, 2.45) is 0 Å². The van der Waals surface area contributed by atoms with Crippen LogP contribution in [0.1, 0.15) is 32.4 Å². The molecule has 0 saturated carbocycles. The second kappa shape index (κ2) is 8.22. The first-order valence-corrected chi connectivity index (χ1v) is 7.80. The van der Waals surface area contributed by atoms with Crippen LogP contribution in [-0.4, -0.2) is 23.1 Å². The minimum Gasteiger partial charge on any atom is -0.494 e. The molecule has 0 amide bonds. The van der Waals surface area contributed by atoms with Crippen molar-refractivity contribution in [3.63, 3.8) is 0 Å². The van der Waals surface area contributed by atoms with Crippen molar-refractivity contribution in [3.05, 3.63) is 36.0 Å². The van der Waals surface area contributed by atoms with E-state index in [2.05, 4.69) is 27.5 Å². The van der Waals surface area contributed by atoms with Gasteiger partial charge in [0.25, 0.3) is 0 Å². The number of benzene rings is 1. The van der Waals surface area contributed by atoms with Crippen molar-refractivity contribution < 1.29 is 4.74 Å². The van der Waals surface area contributed by atoms with E-state index in [0.29, 0.717) is 12.6 Å². The van der Waals surface area contributed by atoms with Gasteiger partial charge < -0.3 is 15.4 Å². The first-order valence-electron chi connectivity index (χ1n) is 7.80. The first kappa shape index (κ1) is 16.1. The predicted molar refractivity (Wildman–Crippen MR) is 91.1 cm³/mol. The van der Waals surface area contributed by atoms with Gasteiger partial charge in [0.05, 0.1) is 6.61 Å². The lowest BCUT2D eigenvalue weighted by Gasteiger charge is -2.10. The third kappa shape index (κ3) is 4.91. The molecule has 0 atom stereocenters. The highest BCUT2D eigenvalue weighted by molar-refractivity contribution is 5.56. The lowest BCUT2D eigenvalue weighted by atomic mass is 10.3. The molecular weight excluding hydrogens is 276 g/mol. The summed E-state index contributed by atoms with van der Waals surface area (Å²) in [5, 5.41) is 6.55. The molecule has 5 heteroatoms. The quantitative estimate of drug-likeness (QED) is 0.718. The number of nitrogens with zero attached hydrogens (tertiary/aromatic N) is 2. The second-order valence-corrected chi connectivity index (χ2v) is 5.08. The summed E-state index contributed by atoms with van der Waals surface area (Å²) in [6.45, 7) is 7.71. The minimum absolute atomic E-state index is 0.600. The Balaban J connectivity index is 2.04. The van der Waals surface area contributed by atoms with Crippen molar-refractivity contribution in [1.29, 1.82) is 0 Å². The van der Waals surface area contributed by atoms with E-state index in [0.717, 1.165) is 42.3 Å². The number of nitrogens with one attached hydrogen (secondary N) is 2. The standard InChI is InChI=1S/C17H24N4O/c1-4-6-11-18-16-12-13(3)19-17(21-16)20-14-7-9-15(10-8-14)22-5-2/h7-10,12H,4-6,11H2,1-3H3,(H2,18,19,20,21). The molecule has 1 aromatic heterocycles. The van der Waals surface area contributed by atoms with Gasteiger partial charge in [0, 0.05) is 24.0 Å². The van der Waals surface area contributed by atoms with Gasteiger partial charge in [-0.25, -0.2) is 4.98 Å². The lowest BCUT2D eigenvalue weighted by molar-refractivity contribution is 0.340. The van der Waals surface area contributed by atoms with E-state index in [1.54, 1.807) is 0 Å². The first-order chi connectivity index (χ1) is 10.7. The zero-order valence-corrected chi connectivity index (χ0v) is 13.5. The fraction of sp³-hybridized carbons (Fsp3) is 0.412. The summed E-state index contributed by atoms with van der Waals surface area (Å²) in [5.74, 6) is 2.32. The molecule has 0 aliphatic rings. The lowest BCUT2D eigenvalue weighted by Crippen LogP contribution is -2.06. The molecule has 2 aromatic rings. The van der Waals surface area contributed by atoms with E-state index < -0.39 is 0 Å². The average Bonchev–Trinajstić information content (AvgIpc) is 2.49. The molecule has 2 rings (SSSR count). The zero-order valence-electron chi connectivity index (χ0n) is 13.5. The van der Waals surface area contributed by atoms with Gasteiger partial charge in [-0.2, -0.15) is 4.98 Å². The van der Waals surface area contributed by atoms with E-state index in [-0.39, 0.29) is 0 Å². The van der Waals surface area contributed by atoms with E-state index in [9.17, 15) is 0 Å². The van der Waals surface area contributed by atoms with Crippen molar-refractivity contribution in [2.75, 3.05) is 23.8 Å². The van der Waals surface area contributed by atoms with Crippen LogP contribution in [0.4, 0.5) is 17.5 Å². The summed E-state index contributed by atoms with van der Waals surface area (Å²) in [7, 11) is 0. The number of hydrogen-bond donors (Lipinski definition) is 2. The Morgan fingerprint density at radius 3 is 2.55 bits per heavy atom. The molecule has 1 aromatic carbocycles. The molecule has 0 bridgehead atoms. The summed E-state index contributed by atoms with van der Waals surface area (Å²) in [6, 6.07) is 9.74. The fourth-order valence-electron chi connectivity index (χ4n) is 2.04. The summed E-state index contributed by atoms with van der Waals surface area (Å²) in [6.07, 6.45) is 2.29. The Hall–Kier alpha value is -2.30. The number of anilines is 3. The highest BCUT2D eigenvalue weighted by Gasteiger charge is 2.03. The Labute approximate surface area is 132 Å². The molecule has 0 aliphatic heterocycles. The van der Waals surface area contributed by atoms with E-state index in [1.165, 1.54) is 0 Å². The number of unbranched alkanes of at least 4 members (excludes halogenated alkanes) is 1. The Bertz CT molecular complexity index is 584. The van der Waals surface area contributed by atoms with Crippen LogP contribution in [0.25, 0.3) is 0 Å². The van der Waals surface area contributed by atoms with Crippen LogP contribution in [-0.2, 0) is 0 Å². The van der Waals surface area contributed by atoms with Gasteiger partial charge in [-0.15, -0.1) is 0 Å². The van der Waals surface area contributed by atoms with Gasteiger partial charge in [0.1, 0.15) is 11.6 Å². The van der Waals surface area contributed by atoms with E-state index in [4.69, 9.17) is 4.74 Å². The maximum absolute atomic E-state index is 5.44. The minimum atomic E-state index is 0.600. The highest BCUT2D eigenvalue weighted by Crippen LogP contribution is 2.19. The maximum Gasteiger partial charge on any atom is 0.229 e. The molecule has 0 saturated heterocycles. The topological polar surface area (TPSA) is 59.1 Å². The molecule has 0 fully saturated rings. The maximum atomic E-state index is 5.44. The van der Waals surface area contributed by atoms with Crippen LogP contribution in [0.3, 0.4) is 0 Å². The number of hydrogen-bond acceptors (Lipinski definition) is 5. The van der Waals surface area contributed by atoms with Crippen LogP contribution in [0.2, 0.25) is 0 Å². The largest absolute Gasteiger partial charge is 0.494 e. The van der Waals surface area contributed by atoms with Crippen LogP contribution in [0, 0.1) is 6.92 Å². The smallest absolute Gasteiger partial charge is 0.229 e. The molecule has 0 spiro atoms. The van der Waals surface area contributed by atoms with Gasteiger partial charge in [-0.1, -0.05) is 13.3 Å². The van der Waals surface area contributed by atoms with Crippen LogP contribution < -0.4 is 15.4 Å². The van der Waals surface area contributed by atoms with Crippen molar-refractivity contribution in [2.45, 2.75) is 33.6 Å². The molecule has 0 unspecified atom stereocenters. The summed E-state index contributed by atoms with van der Waals surface area (Å²) in [5.41, 5.74) is 1.87. The van der Waals surface area contributed by atoms with Gasteiger partial charge >= 0.3 is 0 Å². The number of aryl methyl sites for hydroxylation is 1.